The molecule has 0 amide bonds. The zero-order chi connectivity index (χ0) is 16.2. The minimum Gasteiger partial charge on any atom is -0.465 e. The van der Waals surface area contributed by atoms with Crippen molar-refractivity contribution in [2.45, 2.75) is 33.3 Å². The summed E-state index contributed by atoms with van der Waals surface area (Å²) in [6.07, 6.45) is 6.26. The van der Waals surface area contributed by atoms with Crippen LogP contribution in [0.25, 0.3) is 6.08 Å². The number of aromatic nitrogens is 2. The summed E-state index contributed by atoms with van der Waals surface area (Å²) in [5.41, 5.74) is 0.419. The summed E-state index contributed by atoms with van der Waals surface area (Å²) in [7, 11) is 0. The van der Waals surface area contributed by atoms with Gasteiger partial charge >= 0.3 is 5.97 Å². The fourth-order valence-corrected chi connectivity index (χ4v) is 1.59. The second-order valence-electron chi connectivity index (χ2n) is 5.74. The third-order valence-electron chi connectivity index (χ3n) is 2.49. The van der Waals surface area contributed by atoms with E-state index in [1.807, 2.05) is 6.92 Å². The molecule has 2 aromatic heterocycles. The minimum absolute atomic E-state index is 0.225. The molecular weight excluding hydrogens is 282 g/mol. The van der Waals surface area contributed by atoms with Gasteiger partial charge in [-0.2, -0.15) is 0 Å². The molecule has 0 atom stereocenters. The predicted molar refractivity (Wildman–Crippen MR) is 82.9 cm³/mol. The Morgan fingerprint density at radius 3 is 2.64 bits per heavy atom. The van der Waals surface area contributed by atoms with Gasteiger partial charge in [-0.25, -0.2) is 9.78 Å². The van der Waals surface area contributed by atoms with Crippen LogP contribution in [0, 0.1) is 6.92 Å². The Morgan fingerprint density at radius 1 is 1.32 bits per heavy atom. The Morgan fingerprint density at radius 2 is 2.09 bits per heavy atom. The van der Waals surface area contributed by atoms with E-state index >= 15 is 0 Å². The first kappa shape index (κ1) is 15.8. The zero-order valence-corrected chi connectivity index (χ0v) is 13.1. The molecule has 116 valence electrons. The maximum atomic E-state index is 12.3. The van der Waals surface area contributed by atoms with E-state index in [2.05, 4.69) is 15.3 Å². The predicted octanol–water partition coefficient (Wildman–Crippen LogP) is 3.17. The van der Waals surface area contributed by atoms with Gasteiger partial charge in [-0.1, -0.05) is 0 Å². The highest BCUT2D eigenvalue weighted by Gasteiger charge is 2.21. The molecule has 0 saturated heterocycles. The van der Waals surface area contributed by atoms with Crippen LogP contribution < -0.4 is 5.32 Å². The van der Waals surface area contributed by atoms with Crippen molar-refractivity contribution in [2.24, 2.45) is 0 Å². The zero-order valence-electron chi connectivity index (χ0n) is 13.1. The number of anilines is 1. The number of hydrogen-bond donors (Lipinski definition) is 1. The number of ether oxygens (including phenoxy) is 1. The summed E-state index contributed by atoms with van der Waals surface area (Å²) in [6.45, 7) is 7.26. The molecule has 22 heavy (non-hydrogen) atoms. The van der Waals surface area contributed by atoms with Crippen LogP contribution in [0.2, 0.25) is 0 Å². The number of carbonyl (C=O) groups is 1. The smallest absolute Gasteiger partial charge is 0.355 e. The topological polar surface area (TPSA) is 77.2 Å². The van der Waals surface area contributed by atoms with Gasteiger partial charge in [0, 0.05) is 6.08 Å². The number of nitrogens with zero attached hydrogens (tertiary/aromatic N) is 2. The van der Waals surface area contributed by atoms with Crippen LogP contribution in [0.5, 0.6) is 0 Å². The summed E-state index contributed by atoms with van der Waals surface area (Å²) in [6, 6.07) is 3.48. The van der Waals surface area contributed by atoms with Crippen LogP contribution >= 0.6 is 0 Å². The summed E-state index contributed by atoms with van der Waals surface area (Å²) >= 11 is 0. The average molecular weight is 301 g/mol. The number of carbonyl (C=O) groups excluding carboxylic acids is 1. The van der Waals surface area contributed by atoms with Crippen LogP contribution in [-0.4, -0.2) is 21.5 Å². The molecule has 2 rings (SSSR count). The second kappa shape index (κ2) is 6.43. The molecule has 6 nitrogen and oxygen atoms in total. The van der Waals surface area contributed by atoms with Gasteiger partial charge in [0.15, 0.2) is 0 Å². The number of hydrogen-bond acceptors (Lipinski definition) is 6. The summed E-state index contributed by atoms with van der Waals surface area (Å²) < 4.78 is 10.6. The molecule has 0 fully saturated rings. The van der Waals surface area contributed by atoms with Crippen LogP contribution in [0.3, 0.4) is 0 Å². The molecule has 0 unspecified atom stereocenters. The van der Waals surface area contributed by atoms with Crippen LogP contribution in [0.1, 0.15) is 32.2 Å². The highest BCUT2D eigenvalue weighted by Crippen LogP contribution is 2.16. The molecule has 0 saturated carbocycles. The maximum Gasteiger partial charge on any atom is 0.355 e. The highest BCUT2D eigenvalue weighted by molar-refractivity contribution is 5.96. The molecular formula is C16H19N3O3. The van der Waals surface area contributed by atoms with Gasteiger partial charge < -0.3 is 14.5 Å². The molecule has 0 aliphatic rings. The second-order valence-corrected chi connectivity index (χ2v) is 5.74. The summed E-state index contributed by atoms with van der Waals surface area (Å²) in [5.74, 6) is 0.494. The number of esters is 1. The Bertz CT molecular complexity index is 653. The number of nitrogens with one attached hydrogen (secondary N) is 1. The Labute approximate surface area is 129 Å². The molecule has 2 heterocycles. The number of aryl methyl sites for hydroxylation is 1. The van der Waals surface area contributed by atoms with E-state index in [9.17, 15) is 4.79 Å². The lowest BCUT2D eigenvalue weighted by atomic mass is 10.2. The SMILES string of the molecule is Cc1cnc(NC(=Cc2ccco2)C(=O)OC(C)(C)C)cn1. The van der Waals surface area contributed by atoms with Crippen LogP contribution in [-0.2, 0) is 9.53 Å². The van der Waals surface area contributed by atoms with E-state index in [4.69, 9.17) is 9.15 Å². The van der Waals surface area contributed by atoms with E-state index in [0.717, 1.165) is 5.69 Å². The van der Waals surface area contributed by atoms with Crippen molar-refractivity contribution < 1.29 is 13.9 Å². The number of rotatable bonds is 4. The third-order valence-corrected chi connectivity index (χ3v) is 2.49. The Balaban J connectivity index is 2.25. The van der Waals surface area contributed by atoms with Gasteiger partial charge in [0.2, 0.25) is 0 Å². The standard InChI is InChI=1S/C16H19N3O3/c1-11-9-18-14(10-17-11)19-13(8-12-6-5-7-21-12)15(20)22-16(2,3)4/h5-10H,1-4H3,(H,18,19). The summed E-state index contributed by atoms with van der Waals surface area (Å²) in [4.78, 5) is 20.6. The van der Waals surface area contributed by atoms with Gasteiger partial charge in [-0.05, 0) is 39.8 Å². The van der Waals surface area contributed by atoms with Crippen molar-refractivity contribution in [1.82, 2.24) is 9.97 Å². The van der Waals surface area contributed by atoms with Crippen molar-refractivity contribution in [1.29, 1.82) is 0 Å². The normalized spacial score (nSPS) is 12.1. The van der Waals surface area contributed by atoms with Crippen molar-refractivity contribution in [3.63, 3.8) is 0 Å². The minimum atomic E-state index is -0.597. The molecule has 2 aromatic rings. The Kier molecular flexibility index (Phi) is 4.60. The van der Waals surface area contributed by atoms with E-state index < -0.39 is 11.6 Å². The Hall–Kier alpha value is -2.63. The monoisotopic (exact) mass is 301 g/mol. The fourth-order valence-electron chi connectivity index (χ4n) is 1.59. The van der Waals surface area contributed by atoms with Crippen molar-refractivity contribution in [2.75, 3.05) is 5.32 Å². The van der Waals surface area contributed by atoms with Crippen molar-refractivity contribution in [3.05, 3.63) is 47.9 Å². The van der Waals surface area contributed by atoms with Gasteiger partial charge in [0.05, 0.1) is 24.4 Å². The van der Waals surface area contributed by atoms with E-state index in [-0.39, 0.29) is 5.70 Å². The molecule has 1 N–H and O–H groups in total. The van der Waals surface area contributed by atoms with Gasteiger partial charge in [-0.15, -0.1) is 0 Å². The highest BCUT2D eigenvalue weighted by atomic mass is 16.6. The molecule has 0 spiro atoms. The molecule has 0 aliphatic heterocycles. The van der Waals surface area contributed by atoms with Gasteiger partial charge in [0.1, 0.15) is 22.9 Å². The molecule has 0 aromatic carbocycles. The molecule has 0 aliphatic carbocycles. The first-order valence-corrected chi connectivity index (χ1v) is 6.88. The van der Waals surface area contributed by atoms with E-state index in [1.165, 1.54) is 6.26 Å². The summed E-state index contributed by atoms with van der Waals surface area (Å²) in [5, 5.41) is 2.92. The number of furan rings is 1. The van der Waals surface area contributed by atoms with Crippen LogP contribution in [0.4, 0.5) is 5.82 Å². The van der Waals surface area contributed by atoms with Gasteiger partial charge in [-0.3, -0.25) is 4.98 Å². The lowest BCUT2D eigenvalue weighted by molar-refractivity contribution is -0.149. The first-order chi connectivity index (χ1) is 10.3. The van der Waals surface area contributed by atoms with Gasteiger partial charge in [0.25, 0.3) is 0 Å². The fraction of sp³-hybridized carbons (Fsp3) is 0.312. The van der Waals surface area contributed by atoms with Crippen LogP contribution in [0.15, 0.2) is 40.9 Å². The molecule has 0 radical (unpaired) electrons. The lowest BCUT2D eigenvalue weighted by Crippen LogP contribution is -2.27. The maximum absolute atomic E-state index is 12.3. The third kappa shape index (κ3) is 4.73. The molecule has 6 heteroatoms. The van der Waals surface area contributed by atoms with Crippen molar-refractivity contribution >= 4 is 17.9 Å². The largest absolute Gasteiger partial charge is 0.465 e. The first-order valence-electron chi connectivity index (χ1n) is 6.88. The average Bonchev–Trinajstić information content (AvgIpc) is 2.91. The van der Waals surface area contributed by atoms with E-state index in [0.29, 0.717) is 11.6 Å². The molecule has 0 bridgehead atoms. The van der Waals surface area contributed by atoms with E-state index in [1.54, 1.807) is 51.4 Å². The van der Waals surface area contributed by atoms with Crippen molar-refractivity contribution in [3.8, 4) is 0 Å². The lowest BCUT2D eigenvalue weighted by Gasteiger charge is -2.20. The quantitative estimate of drug-likeness (QED) is 0.690.